The number of nitrogens with zero attached hydrogens (tertiary/aromatic N) is 3. The lowest BCUT2D eigenvalue weighted by molar-refractivity contribution is 0.0615. The molecule has 7 heteroatoms. The van der Waals surface area contributed by atoms with Crippen molar-refractivity contribution in [3.05, 3.63) is 30.1 Å². The Morgan fingerprint density at radius 3 is 2.40 bits per heavy atom. The number of fused-ring (bicyclic) bond motifs is 1. The number of carboxylic acid groups (broad SMARTS) is 1. The van der Waals surface area contributed by atoms with Gasteiger partial charge in [-0.1, -0.05) is 12.1 Å². The Morgan fingerprint density at radius 2 is 1.75 bits per heavy atom. The molecular weight excluding hydrogens is 260 g/mol. The molecule has 20 heavy (non-hydrogen) atoms. The van der Waals surface area contributed by atoms with Crippen LogP contribution in [0.5, 0.6) is 0 Å². The molecule has 0 atom stereocenters. The van der Waals surface area contributed by atoms with Crippen LogP contribution in [-0.2, 0) is 0 Å². The van der Waals surface area contributed by atoms with Gasteiger partial charge in [-0.3, -0.25) is 4.79 Å². The van der Waals surface area contributed by atoms with E-state index in [4.69, 9.17) is 5.11 Å². The van der Waals surface area contributed by atoms with Gasteiger partial charge in [0.15, 0.2) is 5.82 Å². The number of para-hydroxylation sites is 2. The topological polar surface area (TPSA) is 89.5 Å². The maximum Gasteiger partial charge on any atom is 0.407 e. The van der Waals surface area contributed by atoms with E-state index in [2.05, 4.69) is 9.97 Å². The minimum absolute atomic E-state index is 0.189. The van der Waals surface area contributed by atoms with E-state index in [1.165, 1.54) is 4.90 Å². The number of carbonyl (C=O) groups is 2. The highest BCUT2D eigenvalue weighted by molar-refractivity contribution is 5.94. The zero-order valence-electron chi connectivity index (χ0n) is 10.7. The first kappa shape index (κ1) is 12.5. The van der Waals surface area contributed by atoms with Crippen molar-refractivity contribution in [3.63, 3.8) is 0 Å². The Balaban J connectivity index is 1.75. The Labute approximate surface area is 114 Å². The fourth-order valence-electron chi connectivity index (χ4n) is 2.30. The average Bonchev–Trinajstić information content (AvgIpc) is 2.90. The van der Waals surface area contributed by atoms with Gasteiger partial charge in [0, 0.05) is 26.2 Å². The smallest absolute Gasteiger partial charge is 0.407 e. The zero-order valence-corrected chi connectivity index (χ0v) is 10.7. The molecule has 0 bridgehead atoms. The van der Waals surface area contributed by atoms with Gasteiger partial charge in [0.25, 0.3) is 5.91 Å². The molecule has 1 aliphatic heterocycles. The summed E-state index contributed by atoms with van der Waals surface area (Å²) in [7, 11) is 0. The van der Waals surface area contributed by atoms with Crippen molar-refractivity contribution in [2.75, 3.05) is 26.2 Å². The molecule has 2 aromatic rings. The molecule has 1 aromatic carbocycles. The summed E-state index contributed by atoms with van der Waals surface area (Å²) in [5.41, 5.74) is 1.57. The zero-order chi connectivity index (χ0) is 14.1. The number of aromatic nitrogens is 2. The van der Waals surface area contributed by atoms with Crippen LogP contribution in [-0.4, -0.2) is 63.1 Å². The molecule has 2 heterocycles. The number of amides is 2. The van der Waals surface area contributed by atoms with Gasteiger partial charge in [-0.25, -0.2) is 9.78 Å². The van der Waals surface area contributed by atoms with E-state index in [1.54, 1.807) is 4.90 Å². The second-order valence-electron chi connectivity index (χ2n) is 4.66. The van der Waals surface area contributed by atoms with E-state index in [0.29, 0.717) is 32.0 Å². The quantitative estimate of drug-likeness (QED) is 0.811. The second kappa shape index (κ2) is 4.84. The normalized spacial score (nSPS) is 15.6. The predicted octanol–water partition coefficient (Wildman–Crippen LogP) is 0.999. The number of hydrogen-bond acceptors (Lipinski definition) is 3. The maximum atomic E-state index is 12.3. The molecule has 2 N–H and O–H groups in total. The van der Waals surface area contributed by atoms with Gasteiger partial charge in [-0.15, -0.1) is 0 Å². The Kier molecular flexibility index (Phi) is 3.02. The van der Waals surface area contributed by atoms with Crippen LogP contribution in [0.15, 0.2) is 24.3 Å². The molecule has 3 rings (SSSR count). The molecule has 104 valence electrons. The van der Waals surface area contributed by atoms with E-state index in [1.807, 2.05) is 24.3 Å². The van der Waals surface area contributed by atoms with Crippen molar-refractivity contribution in [1.82, 2.24) is 19.8 Å². The number of imidazole rings is 1. The van der Waals surface area contributed by atoms with Crippen molar-refractivity contribution in [1.29, 1.82) is 0 Å². The lowest BCUT2D eigenvalue weighted by Gasteiger charge is -2.32. The molecular formula is C13H14N4O3. The first-order chi connectivity index (χ1) is 9.65. The Hall–Kier alpha value is -2.57. The summed E-state index contributed by atoms with van der Waals surface area (Å²) in [6, 6.07) is 7.44. The van der Waals surface area contributed by atoms with Crippen molar-refractivity contribution in [2.24, 2.45) is 0 Å². The second-order valence-corrected chi connectivity index (χ2v) is 4.66. The highest BCUT2D eigenvalue weighted by atomic mass is 16.4. The minimum atomic E-state index is -0.944. The van der Waals surface area contributed by atoms with Crippen LogP contribution in [0.2, 0.25) is 0 Å². The van der Waals surface area contributed by atoms with Gasteiger partial charge in [-0.05, 0) is 12.1 Å². The van der Waals surface area contributed by atoms with E-state index in [9.17, 15) is 9.59 Å². The van der Waals surface area contributed by atoms with Gasteiger partial charge in [0.2, 0.25) is 0 Å². The lowest BCUT2D eigenvalue weighted by Crippen LogP contribution is -2.50. The molecule has 1 aromatic heterocycles. The number of hydrogen-bond donors (Lipinski definition) is 2. The number of piperazine rings is 1. The molecule has 0 saturated carbocycles. The van der Waals surface area contributed by atoms with Crippen LogP contribution in [0, 0.1) is 0 Å². The number of H-pyrrole nitrogens is 1. The number of carbonyl (C=O) groups excluding carboxylic acids is 1. The van der Waals surface area contributed by atoms with Crippen molar-refractivity contribution in [2.45, 2.75) is 0 Å². The number of rotatable bonds is 1. The third-order valence-electron chi connectivity index (χ3n) is 3.43. The van der Waals surface area contributed by atoms with Crippen LogP contribution in [0.1, 0.15) is 10.6 Å². The molecule has 0 aliphatic carbocycles. The number of nitrogens with one attached hydrogen (secondary N) is 1. The van der Waals surface area contributed by atoms with Gasteiger partial charge < -0.3 is 19.9 Å². The van der Waals surface area contributed by atoms with Gasteiger partial charge in [-0.2, -0.15) is 0 Å². The summed E-state index contributed by atoms with van der Waals surface area (Å²) in [5, 5.41) is 8.88. The third kappa shape index (κ3) is 2.18. The number of benzene rings is 1. The highest BCUT2D eigenvalue weighted by Gasteiger charge is 2.26. The fraction of sp³-hybridized carbons (Fsp3) is 0.308. The molecule has 0 unspecified atom stereocenters. The van der Waals surface area contributed by atoms with Crippen molar-refractivity contribution >= 4 is 23.0 Å². The first-order valence-electron chi connectivity index (χ1n) is 6.37. The summed E-state index contributed by atoms with van der Waals surface area (Å²) in [4.78, 5) is 33.3. The van der Waals surface area contributed by atoms with E-state index >= 15 is 0 Å². The summed E-state index contributed by atoms with van der Waals surface area (Å²) < 4.78 is 0. The van der Waals surface area contributed by atoms with Crippen molar-refractivity contribution in [3.8, 4) is 0 Å². The standard InChI is InChI=1S/C13H14N4O3/c18-12(16-5-7-17(8-6-16)13(19)20)11-14-9-3-1-2-4-10(9)15-11/h1-4H,5-8H2,(H,14,15)(H,19,20). The summed E-state index contributed by atoms with van der Waals surface area (Å²) in [6.07, 6.45) is -0.944. The Morgan fingerprint density at radius 1 is 1.10 bits per heavy atom. The summed E-state index contributed by atoms with van der Waals surface area (Å²) in [5.74, 6) is 0.112. The van der Waals surface area contributed by atoms with Gasteiger partial charge >= 0.3 is 6.09 Å². The molecule has 1 aliphatic rings. The van der Waals surface area contributed by atoms with Crippen LogP contribution < -0.4 is 0 Å². The number of aromatic amines is 1. The molecule has 0 radical (unpaired) electrons. The SMILES string of the molecule is O=C(O)N1CCN(C(=O)c2nc3ccccc3[nH]2)CC1. The molecule has 0 spiro atoms. The average molecular weight is 274 g/mol. The molecule has 1 saturated heterocycles. The lowest BCUT2D eigenvalue weighted by atomic mass is 10.3. The van der Waals surface area contributed by atoms with E-state index in [0.717, 1.165) is 11.0 Å². The first-order valence-corrected chi connectivity index (χ1v) is 6.37. The van der Waals surface area contributed by atoms with Crippen LogP contribution in [0.4, 0.5) is 4.79 Å². The van der Waals surface area contributed by atoms with Crippen LogP contribution >= 0.6 is 0 Å². The molecule has 7 nitrogen and oxygen atoms in total. The largest absolute Gasteiger partial charge is 0.465 e. The minimum Gasteiger partial charge on any atom is -0.465 e. The Bertz CT molecular complexity index is 625. The van der Waals surface area contributed by atoms with Gasteiger partial charge in [0.05, 0.1) is 11.0 Å². The fourth-order valence-corrected chi connectivity index (χ4v) is 2.30. The van der Waals surface area contributed by atoms with Crippen LogP contribution in [0.25, 0.3) is 11.0 Å². The predicted molar refractivity (Wildman–Crippen MR) is 71.6 cm³/mol. The third-order valence-corrected chi connectivity index (χ3v) is 3.43. The van der Waals surface area contributed by atoms with Gasteiger partial charge in [0.1, 0.15) is 0 Å². The monoisotopic (exact) mass is 274 g/mol. The van der Waals surface area contributed by atoms with Crippen molar-refractivity contribution < 1.29 is 14.7 Å². The summed E-state index contributed by atoms with van der Waals surface area (Å²) in [6.45, 7) is 1.45. The molecule has 1 fully saturated rings. The van der Waals surface area contributed by atoms with Crippen LogP contribution in [0.3, 0.4) is 0 Å². The molecule has 2 amide bonds. The summed E-state index contributed by atoms with van der Waals surface area (Å²) >= 11 is 0. The highest BCUT2D eigenvalue weighted by Crippen LogP contribution is 2.13. The maximum absolute atomic E-state index is 12.3. The van der Waals surface area contributed by atoms with E-state index in [-0.39, 0.29) is 5.91 Å². The van der Waals surface area contributed by atoms with E-state index < -0.39 is 6.09 Å².